The molecule has 0 aliphatic carbocycles. The molecule has 1 N–H and O–H groups in total. The summed E-state index contributed by atoms with van der Waals surface area (Å²) in [5, 5.41) is 3.64. The Labute approximate surface area is 175 Å². The summed E-state index contributed by atoms with van der Waals surface area (Å²) in [7, 11) is 2.99. The quantitative estimate of drug-likeness (QED) is 0.777. The topological polar surface area (TPSA) is 89.2 Å². The Morgan fingerprint density at radius 2 is 1.82 bits per heavy atom. The van der Waals surface area contributed by atoms with Gasteiger partial charge in [0.15, 0.2) is 0 Å². The molecule has 3 heterocycles. The molecule has 28 heavy (non-hydrogen) atoms. The van der Waals surface area contributed by atoms with Crippen LogP contribution in [0.4, 0.5) is 0 Å². The predicted octanol–water partition coefficient (Wildman–Crippen LogP) is 0.937. The van der Waals surface area contributed by atoms with Crippen molar-refractivity contribution in [3.8, 4) is 0 Å². The third-order valence-electron chi connectivity index (χ3n) is 5.12. The number of hydrogen-bond donors (Lipinski definition) is 1. The molecule has 1 amide bonds. The van der Waals surface area contributed by atoms with Crippen molar-refractivity contribution >= 4 is 41.8 Å². The van der Waals surface area contributed by atoms with Crippen molar-refractivity contribution in [3.05, 3.63) is 38.7 Å². The van der Waals surface area contributed by atoms with E-state index in [1.165, 1.54) is 17.8 Å². The van der Waals surface area contributed by atoms with Crippen molar-refractivity contribution in [2.75, 3.05) is 26.2 Å². The second kappa shape index (κ2) is 10.0. The minimum absolute atomic E-state index is 0. The second-order valence-electron chi connectivity index (χ2n) is 6.84. The van der Waals surface area contributed by atoms with Crippen molar-refractivity contribution in [1.29, 1.82) is 0 Å². The third kappa shape index (κ3) is 4.56. The summed E-state index contributed by atoms with van der Waals surface area (Å²) in [5.74, 6) is 0.479. The van der Waals surface area contributed by atoms with Gasteiger partial charge in [0.1, 0.15) is 5.65 Å². The van der Waals surface area contributed by atoms with Crippen LogP contribution < -0.4 is 16.6 Å². The molecular formula is C18H27Cl2N5O3. The molecule has 2 aromatic heterocycles. The summed E-state index contributed by atoms with van der Waals surface area (Å²) >= 11 is 0. The number of aryl methyl sites for hydroxylation is 1. The Morgan fingerprint density at radius 1 is 1.18 bits per heavy atom. The van der Waals surface area contributed by atoms with Crippen molar-refractivity contribution in [2.24, 2.45) is 20.0 Å². The molecule has 0 unspecified atom stereocenters. The van der Waals surface area contributed by atoms with Crippen LogP contribution in [-0.2, 0) is 14.1 Å². The molecule has 0 atom stereocenters. The lowest BCUT2D eigenvalue weighted by molar-refractivity contribution is 0.0690. The third-order valence-corrected chi connectivity index (χ3v) is 5.12. The van der Waals surface area contributed by atoms with Crippen LogP contribution in [0.5, 0.6) is 0 Å². The summed E-state index contributed by atoms with van der Waals surface area (Å²) in [6, 6.07) is 1.55. The van der Waals surface area contributed by atoms with Gasteiger partial charge >= 0.3 is 5.69 Å². The first-order chi connectivity index (χ1) is 12.4. The summed E-state index contributed by atoms with van der Waals surface area (Å²) in [6.45, 7) is 5.45. The zero-order chi connectivity index (χ0) is 18.8. The van der Waals surface area contributed by atoms with Gasteiger partial charge in [-0.05, 0) is 37.9 Å². The highest BCUT2D eigenvalue weighted by atomic mass is 35.5. The molecule has 0 spiro atoms. The van der Waals surface area contributed by atoms with Crippen LogP contribution in [0.3, 0.4) is 0 Å². The number of piperidine rings is 1. The summed E-state index contributed by atoms with van der Waals surface area (Å²) in [5.41, 5.74) is -0.191. The first-order valence-corrected chi connectivity index (χ1v) is 8.99. The van der Waals surface area contributed by atoms with E-state index in [9.17, 15) is 14.4 Å². The van der Waals surface area contributed by atoms with Crippen LogP contribution in [0.15, 0.2) is 21.9 Å². The maximum atomic E-state index is 12.8. The zero-order valence-electron chi connectivity index (χ0n) is 16.3. The van der Waals surface area contributed by atoms with Gasteiger partial charge in [-0.1, -0.05) is 6.92 Å². The molecule has 0 radical (unpaired) electrons. The fourth-order valence-electron chi connectivity index (χ4n) is 3.45. The van der Waals surface area contributed by atoms with Gasteiger partial charge in [-0.25, -0.2) is 9.78 Å². The lowest BCUT2D eigenvalue weighted by Gasteiger charge is -2.32. The van der Waals surface area contributed by atoms with Gasteiger partial charge in [-0.2, -0.15) is 0 Å². The van der Waals surface area contributed by atoms with Crippen LogP contribution in [-0.4, -0.2) is 51.1 Å². The van der Waals surface area contributed by atoms with E-state index in [1.54, 1.807) is 13.1 Å². The average Bonchev–Trinajstić information content (AvgIpc) is 2.68. The van der Waals surface area contributed by atoms with Gasteiger partial charge < -0.3 is 10.2 Å². The molecular weight excluding hydrogens is 405 g/mol. The number of likely N-dealkylation sites (tertiary alicyclic amines) is 1. The number of halogens is 2. The lowest BCUT2D eigenvalue weighted by Crippen LogP contribution is -2.41. The van der Waals surface area contributed by atoms with Crippen LogP contribution in [0.1, 0.15) is 30.1 Å². The molecule has 1 fully saturated rings. The number of pyridine rings is 1. The van der Waals surface area contributed by atoms with E-state index in [0.29, 0.717) is 30.2 Å². The number of hydrogen-bond acceptors (Lipinski definition) is 5. The number of carbonyl (C=O) groups is 1. The number of aromatic nitrogens is 3. The number of nitrogens with zero attached hydrogens (tertiary/aromatic N) is 4. The van der Waals surface area contributed by atoms with E-state index >= 15 is 0 Å². The maximum Gasteiger partial charge on any atom is 0.332 e. The lowest BCUT2D eigenvalue weighted by atomic mass is 9.96. The number of amides is 1. The normalized spacial score (nSPS) is 14.5. The molecule has 10 heteroatoms. The predicted molar refractivity (Wildman–Crippen MR) is 114 cm³/mol. The molecule has 0 bridgehead atoms. The standard InChI is InChI=1S/C18H25N5O3.2ClH/c1-4-19-10-12-5-7-23(8-6-12)16(24)13-9-14-15(20-11-13)21(2)18(26)22(3)17(14)25;;/h9,11-12,19H,4-8,10H2,1-3H3;2*1H. The smallest absolute Gasteiger partial charge is 0.332 e. The van der Waals surface area contributed by atoms with Crippen LogP contribution in [0.2, 0.25) is 0 Å². The van der Waals surface area contributed by atoms with Crippen LogP contribution in [0, 0.1) is 5.92 Å². The Hall–Kier alpha value is -1.90. The molecule has 1 aliphatic rings. The minimum Gasteiger partial charge on any atom is -0.339 e. The maximum absolute atomic E-state index is 12.8. The summed E-state index contributed by atoms with van der Waals surface area (Å²) in [6.07, 6.45) is 3.39. The molecule has 1 saturated heterocycles. The Balaban J connectivity index is 0.00000196. The fraction of sp³-hybridized carbons (Fsp3) is 0.556. The van der Waals surface area contributed by atoms with Crippen molar-refractivity contribution in [3.63, 3.8) is 0 Å². The zero-order valence-corrected chi connectivity index (χ0v) is 17.9. The highest BCUT2D eigenvalue weighted by molar-refractivity contribution is 5.96. The largest absolute Gasteiger partial charge is 0.339 e. The molecule has 0 saturated carbocycles. The van der Waals surface area contributed by atoms with E-state index in [4.69, 9.17) is 0 Å². The second-order valence-corrected chi connectivity index (χ2v) is 6.84. The molecule has 156 valence electrons. The highest BCUT2D eigenvalue weighted by Gasteiger charge is 2.24. The molecule has 1 aliphatic heterocycles. The first kappa shape index (κ1) is 24.1. The Morgan fingerprint density at radius 3 is 2.43 bits per heavy atom. The molecule has 3 rings (SSSR count). The van der Waals surface area contributed by atoms with Gasteiger partial charge in [0, 0.05) is 33.4 Å². The van der Waals surface area contributed by atoms with Gasteiger partial charge in [0.25, 0.3) is 11.5 Å². The molecule has 0 aromatic carbocycles. The van der Waals surface area contributed by atoms with Gasteiger partial charge in [0.05, 0.1) is 10.9 Å². The molecule has 2 aromatic rings. The Bertz CT molecular complexity index is 949. The SMILES string of the molecule is CCNCC1CCN(C(=O)c2cnc3c(c2)c(=O)n(C)c(=O)n3C)CC1.Cl.Cl. The van der Waals surface area contributed by atoms with Gasteiger partial charge in [-0.3, -0.25) is 18.7 Å². The van der Waals surface area contributed by atoms with Crippen molar-refractivity contribution in [1.82, 2.24) is 24.3 Å². The minimum atomic E-state index is -0.436. The van der Waals surface area contributed by atoms with E-state index in [1.807, 2.05) is 4.90 Å². The van der Waals surface area contributed by atoms with Crippen LogP contribution >= 0.6 is 24.8 Å². The van der Waals surface area contributed by atoms with Gasteiger partial charge in [-0.15, -0.1) is 24.8 Å². The van der Waals surface area contributed by atoms with Crippen molar-refractivity contribution < 1.29 is 4.79 Å². The summed E-state index contributed by atoms with van der Waals surface area (Å²) in [4.78, 5) is 43.2. The average molecular weight is 432 g/mol. The van der Waals surface area contributed by atoms with E-state index < -0.39 is 11.2 Å². The molecule has 8 nitrogen and oxygen atoms in total. The number of nitrogens with one attached hydrogen (secondary N) is 1. The Kier molecular flexibility index (Phi) is 8.66. The van der Waals surface area contributed by atoms with E-state index in [2.05, 4.69) is 17.2 Å². The number of rotatable bonds is 4. The first-order valence-electron chi connectivity index (χ1n) is 8.99. The summed E-state index contributed by atoms with van der Waals surface area (Å²) < 4.78 is 2.35. The fourth-order valence-corrected chi connectivity index (χ4v) is 3.45. The monoisotopic (exact) mass is 431 g/mol. The number of carbonyl (C=O) groups excluding carboxylic acids is 1. The van der Waals surface area contributed by atoms with E-state index in [-0.39, 0.29) is 36.1 Å². The van der Waals surface area contributed by atoms with Crippen LogP contribution in [0.25, 0.3) is 11.0 Å². The van der Waals surface area contributed by atoms with E-state index in [0.717, 1.165) is 30.5 Å². The van der Waals surface area contributed by atoms with Gasteiger partial charge in [0.2, 0.25) is 0 Å². The highest BCUT2D eigenvalue weighted by Crippen LogP contribution is 2.19. The number of fused-ring (bicyclic) bond motifs is 1. The van der Waals surface area contributed by atoms with Crippen molar-refractivity contribution in [2.45, 2.75) is 19.8 Å².